The van der Waals surface area contributed by atoms with Crippen molar-refractivity contribution in [2.45, 2.75) is 18.9 Å². The highest BCUT2D eigenvalue weighted by molar-refractivity contribution is 7.10. The molecule has 0 spiro atoms. The summed E-state index contributed by atoms with van der Waals surface area (Å²) in [6, 6.07) is 26.1. The van der Waals surface area contributed by atoms with Crippen molar-refractivity contribution < 1.29 is 29.0 Å². The lowest BCUT2D eigenvalue weighted by Crippen LogP contribution is -2.35. The topological polar surface area (TPSA) is 128 Å². The van der Waals surface area contributed by atoms with Crippen LogP contribution in [0.15, 0.2) is 96.4 Å². The maximum Gasteiger partial charge on any atom is 0.305 e. The van der Waals surface area contributed by atoms with Crippen molar-refractivity contribution in [3.05, 3.63) is 112 Å². The molecule has 1 aliphatic heterocycles. The standard InChI is InChI=1S/C34H34N4O6S/c39-31(23-44-26-11-5-2-6-12-26)35-27-21-25(33(42)36-28(22-32(40)41)30-13-7-20-45-30)14-15-29(27)37-16-8-17-38(19-18-37)34(43)24-9-3-1-4-10-24/h1-7,9-15,20-21,28H,8,16-19,22-23H2,(H,35,39)(H,36,42)(H,40,41). The zero-order chi connectivity index (χ0) is 31.6. The van der Waals surface area contributed by atoms with E-state index in [1.165, 1.54) is 11.3 Å². The first-order valence-corrected chi connectivity index (χ1v) is 15.5. The maximum absolute atomic E-state index is 13.4. The van der Waals surface area contributed by atoms with Gasteiger partial charge in [-0.1, -0.05) is 42.5 Å². The molecule has 0 aliphatic carbocycles. The molecule has 1 aliphatic rings. The Labute approximate surface area is 265 Å². The Morgan fingerprint density at radius 1 is 0.844 bits per heavy atom. The van der Waals surface area contributed by atoms with Crippen LogP contribution < -0.4 is 20.3 Å². The van der Waals surface area contributed by atoms with Gasteiger partial charge in [0.2, 0.25) is 0 Å². The Morgan fingerprint density at radius 3 is 2.31 bits per heavy atom. The molecule has 0 bridgehead atoms. The van der Waals surface area contributed by atoms with Crippen LogP contribution in [-0.4, -0.2) is 66.5 Å². The number of thiophene rings is 1. The Kier molecular flexibility index (Phi) is 10.4. The zero-order valence-electron chi connectivity index (χ0n) is 24.6. The van der Waals surface area contributed by atoms with Gasteiger partial charge in [-0.2, -0.15) is 0 Å². The van der Waals surface area contributed by atoms with E-state index in [0.29, 0.717) is 55.3 Å². The van der Waals surface area contributed by atoms with Gasteiger partial charge in [0.05, 0.1) is 23.8 Å². The van der Waals surface area contributed by atoms with E-state index in [0.717, 1.165) is 4.88 Å². The second-order valence-electron chi connectivity index (χ2n) is 10.5. The van der Waals surface area contributed by atoms with Gasteiger partial charge in [-0.3, -0.25) is 19.2 Å². The van der Waals surface area contributed by atoms with E-state index in [1.54, 1.807) is 54.6 Å². The quantitative estimate of drug-likeness (QED) is 0.212. The molecule has 1 saturated heterocycles. The number of rotatable bonds is 11. The molecule has 10 nitrogen and oxygen atoms in total. The maximum atomic E-state index is 13.4. The highest BCUT2D eigenvalue weighted by atomic mass is 32.1. The van der Waals surface area contributed by atoms with E-state index in [1.807, 2.05) is 46.7 Å². The van der Waals surface area contributed by atoms with E-state index in [4.69, 9.17) is 4.74 Å². The Hall–Kier alpha value is -5.16. The predicted molar refractivity (Wildman–Crippen MR) is 173 cm³/mol. The number of carboxylic acid groups (broad SMARTS) is 1. The summed E-state index contributed by atoms with van der Waals surface area (Å²) < 4.78 is 5.63. The number of aliphatic carboxylic acids is 1. The molecule has 3 N–H and O–H groups in total. The first-order valence-electron chi connectivity index (χ1n) is 14.6. The number of anilines is 2. The van der Waals surface area contributed by atoms with Gasteiger partial charge in [0.25, 0.3) is 17.7 Å². The summed E-state index contributed by atoms with van der Waals surface area (Å²) in [5.41, 5.74) is 2.02. The smallest absolute Gasteiger partial charge is 0.305 e. The molecule has 11 heteroatoms. The number of nitrogens with one attached hydrogen (secondary N) is 2. The molecule has 45 heavy (non-hydrogen) atoms. The first kappa shape index (κ1) is 31.3. The second kappa shape index (κ2) is 15.0. The minimum Gasteiger partial charge on any atom is -0.484 e. The summed E-state index contributed by atoms with van der Waals surface area (Å²) in [7, 11) is 0. The lowest BCUT2D eigenvalue weighted by atomic mass is 10.1. The molecule has 3 aromatic carbocycles. The number of carbonyl (C=O) groups is 4. The van der Waals surface area contributed by atoms with Crippen LogP contribution in [0.4, 0.5) is 11.4 Å². The number of benzene rings is 3. The summed E-state index contributed by atoms with van der Waals surface area (Å²) >= 11 is 1.37. The van der Waals surface area contributed by atoms with Gasteiger partial charge < -0.3 is 30.3 Å². The van der Waals surface area contributed by atoms with Gasteiger partial charge in [0.1, 0.15) is 5.75 Å². The summed E-state index contributed by atoms with van der Waals surface area (Å²) in [5, 5.41) is 17.0. The van der Waals surface area contributed by atoms with Gasteiger partial charge in [0, 0.05) is 42.2 Å². The SMILES string of the molecule is O=C(O)CC(NC(=O)c1ccc(N2CCCN(C(=O)c3ccccc3)CC2)c(NC(=O)COc2ccccc2)c1)c1cccs1. The first-order chi connectivity index (χ1) is 21.9. The molecular weight excluding hydrogens is 592 g/mol. The summed E-state index contributed by atoms with van der Waals surface area (Å²) in [6.07, 6.45) is 0.444. The molecule has 0 radical (unpaired) electrons. The fraction of sp³-hybridized carbons (Fsp3) is 0.235. The molecule has 232 valence electrons. The van der Waals surface area contributed by atoms with Crippen molar-refractivity contribution >= 4 is 46.4 Å². The molecule has 3 amide bonds. The summed E-state index contributed by atoms with van der Waals surface area (Å²) in [4.78, 5) is 55.7. The highest BCUT2D eigenvalue weighted by Crippen LogP contribution is 2.30. The number of hydrogen-bond acceptors (Lipinski definition) is 7. The van der Waals surface area contributed by atoms with Crippen LogP contribution in [0.1, 0.15) is 44.5 Å². The normalized spacial score (nSPS) is 13.8. The number of para-hydroxylation sites is 1. The average molecular weight is 627 g/mol. The second-order valence-corrected chi connectivity index (χ2v) is 11.5. The lowest BCUT2D eigenvalue weighted by molar-refractivity contribution is -0.137. The number of amides is 3. The third-order valence-electron chi connectivity index (χ3n) is 7.36. The van der Waals surface area contributed by atoms with Gasteiger partial charge in [0.15, 0.2) is 6.61 Å². The van der Waals surface area contributed by atoms with E-state index in [-0.39, 0.29) is 24.5 Å². The third kappa shape index (κ3) is 8.48. The molecule has 1 fully saturated rings. The number of nitrogens with zero attached hydrogens (tertiary/aromatic N) is 2. The van der Waals surface area contributed by atoms with Crippen molar-refractivity contribution in [1.29, 1.82) is 0 Å². The van der Waals surface area contributed by atoms with Crippen LogP contribution in [0.5, 0.6) is 5.75 Å². The fourth-order valence-electron chi connectivity index (χ4n) is 5.16. The monoisotopic (exact) mass is 626 g/mol. The van der Waals surface area contributed by atoms with E-state index < -0.39 is 23.8 Å². The summed E-state index contributed by atoms with van der Waals surface area (Å²) in [5.74, 6) is -1.38. The number of carbonyl (C=O) groups excluding carboxylic acids is 3. The molecule has 5 rings (SSSR count). The van der Waals surface area contributed by atoms with Crippen molar-refractivity contribution in [3.8, 4) is 5.75 Å². The Bertz CT molecular complexity index is 1610. The fourth-order valence-corrected chi connectivity index (χ4v) is 5.94. The summed E-state index contributed by atoms with van der Waals surface area (Å²) in [6.45, 7) is 1.99. The number of carboxylic acids is 1. The largest absolute Gasteiger partial charge is 0.484 e. The van der Waals surface area contributed by atoms with Gasteiger partial charge in [-0.25, -0.2) is 0 Å². The lowest BCUT2D eigenvalue weighted by Gasteiger charge is -2.26. The Morgan fingerprint density at radius 2 is 1.60 bits per heavy atom. The number of ether oxygens (including phenoxy) is 1. The highest BCUT2D eigenvalue weighted by Gasteiger charge is 2.24. The minimum absolute atomic E-state index is 0.0299. The molecule has 0 saturated carbocycles. The van der Waals surface area contributed by atoms with Crippen LogP contribution >= 0.6 is 11.3 Å². The third-order valence-corrected chi connectivity index (χ3v) is 8.35. The molecular formula is C34H34N4O6S. The molecule has 1 atom stereocenters. The predicted octanol–water partition coefficient (Wildman–Crippen LogP) is 5.06. The van der Waals surface area contributed by atoms with Crippen LogP contribution in [0.3, 0.4) is 0 Å². The van der Waals surface area contributed by atoms with Gasteiger partial charge in [-0.15, -0.1) is 11.3 Å². The van der Waals surface area contributed by atoms with Gasteiger partial charge in [-0.05, 0) is 60.3 Å². The van der Waals surface area contributed by atoms with Crippen molar-refractivity contribution in [3.63, 3.8) is 0 Å². The van der Waals surface area contributed by atoms with Crippen molar-refractivity contribution in [2.24, 2.45) is 0 Å². The van der Waals surface area contributed by atoms with E-state index in [2.05, 4.69) is 15.5 Å². The van der Waals surface area contributed by atoms with E-state index >= 15 is 0 Å². The van der Waals surface area contributed by atoms with Gasteiger partial charge >= 0.3 is 5.97 Å². The van der Waals surface area contributed by atoms with Crippen LogP contribution in [0, 0.1) is 0 Å². The molecule has 2 heterocycles. The Balaban J connectivity index is 1.36. The molecule has 1 unspecified atom stereocenters. The van der Waals surface area contributed by atoms with Crippen LogP contribution in [0.25, 0.3) is 0 Å². The minimum atomic E-state index is -1.03. The zero-order valence-corrected chi connectivity index (χ0v) is 25.4. The van der Waals surface area contributed by atoms with Crippen molar-refractivity contribution in [1.82, 2.24) is 10.2 Å². The van der Waals surface area contributed by atoms with Crippen molar-refractivity contribution in [2.75, 3.05) is 43.0 Å². The molecule has 1 aromatic heterocycles. The van der Waals surface area contributed by atoms with Crippen LogP contribution in [-0.2, 0) is 9.59 Å². The van der Waals surface area contributed by atoms with E-state index in [9.17, 15) is 24.3 Å². The average Bonchev–Trinajstić information content (AvgIpc) is 3.49. The number of hydrogen-bond donors (Lipinski definition) is 3. The molecule has 4 aromatic rings. The van der Waals surface area contributed by atoms with Crippen LogP contribution in [0.2, 0.25) is 0 Å².